The Morgan fingerprint density at radius 2 is 1.90 bits per heavy atom. The van der Waals surface area contributed by atoms with E-state index >= 15 is 0 Å². The third-order valence-electron chi connectivity index (χ3n) is 3.25. The van der Waals surface area contributed by atoms with Crippen molar-refractivity contribution < 1.29 is 4.74 Å². The zero-order chi connectivity index (χ0) is 15.0. The van der Waals surface area contributed by atoms with Gasteiger partial charge in [-0.3, -0.25) is 0 Å². The van der Waals surface area contributed by atoms with Crippen molar-refractivity contribution >= 4 is 5.82 Å². The van der Waals surface area contributed by atoms with Gasteiger partial charge in [0.1, 0.15) is 11.6 Å². The lowest BCUT2D eigenvalue weighted by Gasteiger charge is -2.16. The number of hydrogen-bond acceptors (Lipinski definition) is 4. The first-order chi connectivity index (χ1) is 9.62. The highest BCUT2D eigenvalue weighted by atomic mass is 16.5. The fraction of sp³-hybridized carbons (Fsp3) is 0.750. The molecule has 1 heterocycles. The molecule has 114 valence electrons. The molecule has 1 aromatic heterocycles. The molecule has 0 radical (unpaired) electrons. The first-order valence-corrected chi connectivity index (χ1v) is 7.86. The Hall–Kier alpha value is -1.32. The maximum Gasteiger partial charge on any atom is 0.221 e. The van der Waals surface area contributed by atoms with Gasteiger partial charge in [0.05, 0.1) is 12.2 Å². The van der Waals surface area contributed by atoms with Gasteiger partial charge >= 0.3 is 0 Å². The van der Waals surface area contributed by atoms with Gasteiger partial charge in [0, 0.05) is 13.0 Å². The van der Waals surface area contributed by atoms with Gasteiger partial charge in [-0.15, -0.1) is 0 Å². The quantitative estimate of drug-likeness (QED) is 0.742. The Morgan fingerprint density at radius 1 is 1.15 bits per heavy atom. The number of nitrogens with zero attached hydrogens (tertiary/aromatic N) is 2. The summed E-state index contributed by atoms with van der Waals surface area (Å²) in [5.74, 6) is 3.07. The normalized spacial score (nSPS) is 12.2. The molecule has 1 atom stereocenters. The summed E-state index contributed by atoms with van der Waals surface area (Å²) in [6.45, 7) is 12.2. The Morgan fingerprint density at radius 3 is 2.50 bits per heavy atom. The van der Waals surface area contributed by atoms with E-state index in [0.29, 0.717) is 5.92 Å². The van der Waals surface area contributed by atoms with Gasteiger partial charge in [-0.25, -0.2) is 4.98 Å². The van der Waals surface area contributed by atoms with E-state index in [-0.39, 0.29) is 0 Å². The molecular weight excluding hydrogens is 250 g/mol. The molecule has 1 N–H and O–H groups in total. The molecular formula is C16H29N3O. The maximum absolute atomic E-state index is 5.93. The number of anilines is 1. The van der Waals surface area contributed by atoms with E-state index in [1.54, 1.807) is 0 Å². The number of ether oxygens (including phenoxy) is 1. The predicted octanol–water partition coefficient (Wildman–Crippen LogP) is 3.98. The lowest BCUT2D eigenvalue weighted by molar-refractivity contribution is 0.240. The molecule has 20 heavy (non-hydrogen) atoms. The van der Waals surface area contributed by atoms with Crippen molar-refractivity contribution in [3.05, 3.63) is 11.4 Å². The third-order valence-corrected chi connectivity index (χ3v) is 3.25. The van der Waals surface area contributed by atoms with Crippen LogP contribution in [0, 0.1) is 12.8 Å². The average Bonchev–Trinajstić information content (AvgIpc) is 2.41. The van der Waals surface area contributed by atoms with Crippen LogP contribution in [-0.4, -0.2) is 23.1 Å². The monoisotopic (exact) mass is 279 g/mol. The van der Waals surface area contributed by atoms with Crippen molar-refractivity contribution in [2.45, 2.75) is 60.3 Å². The van der Waals surface area contributed by atoms with Crippen LogP contribution in [0.2, 0.25) is 0 Å². The number of nitrogens with one attached hydrogen (secondary N) is 1. The van der Waals surface area contributed by atoms with E-state index in [9.17, 15) is 0 Å². The van der Waals surface area contributed by atoms with Crippen molar-refractivity contribution in [2.75, 3.05) is 18.5 Å². The average molecular weight is 279 g/mol. The molecule has 0 saturated heterocycles. The Balaban J connectivity index is 2.86. The summed E-state index contributed by atoms with van der Waals surface area (Å²) in [6, 6.07) is 0. The maximum atomic E-state index is 5.93. The van der Waals surface area contributed by atoms with Gasteiger partial charge in [-0.05, 0) is 32.6 Å². The fourth-order valence-corrected chi connectivity index (χ4v) is 2.15. The molecule has 0 bridgehead atoms. The SMILES string of the molecule is CCCc1nc(NCC)c(C)c(OCC(C)CCC)n1. The van der Waals surface area contributed by atoms with E-state index in [4.69, 9.17) is 4.74 Å². The summed E-state index contributed by atoms with van der Waals surface area (Å²) in [5.41, 5.74) is 1.01. The number of aryl methyl sites for hydroxylation is 1. The zero-order valence-corrected chi connectivity index (χ0v) is 13.6. The van der Waals surface area contributed by atoms with Crippen molar-refractivity contribution in [1.29, 1.82) is 0 Å². The molecule has 4 nitrogen and oxygen atoms in total. The predicted molar refractivity (Wildman–Crippen MR) is 84.5 cm³/mol. The van der Waals surface area contributed by atoms with Gasteiger partial charge in [0.2, 0.25) is 5.88 Å². The molecule has 0 saturated carbocycles. The second-order valence-electron chi connectivity index (χ2n) is 5.40. The Labute approximate surface area is 123 Å². The molecule has 0 spiro atoms. The summed E-state index contributed by atoms with van der Waals surface area (Å²) in [6.07, 6.45) is 4.31. The van der Waals surface area contributed by atoms with Crippen LogP contribution in [-0.2, 0) is 6.42 Å². The van der Waals surface area contributed by atoms with Gasteiger partial charge in [-0.1, -0.05) is 27.2 Å². The highest BCUT2D eigenvalue weighted by Crippen LogP contribution is 2.23. The minimum Gasteiger partial charge on any atom is -0.477 e. The van der Waals surface area contributed by atoms with E-state index in [1.165, 1.54) is 12.8 Å². The van der Waals surface area contributed by atoms with Crippen molar-refractivity contribution in [2.24, 2.45) is 5.92 Å². The van der Waals surface area contributed by atoms with Crippen LogP contribution in [0.5, 0.6) is 5.88 Å². The summed E-state index contributed by atoms with van der Waals surface area (Å²) < 4.78 is 5.93. The summed E-state index contributed by atoms with van der Waals surface area (Å²) in [4.78, 5) is 9.14. The third kappa shape index (κ3) is 4.99. The van der Waals surface area contributed by atoms with Crippen LogP contribution in [0.3, 0.4) is 0 Å². The molecule has 0 fully saturated rings. The van der Waals surface area contributed by atoms with Gasteiger partial charge in [0.25, 0.3) is 0 Å². The van der Waals surface area contributed by atoms with Crippen LogP contribution < -0.4 is 10.1 Å². The van der Waals surface area contributed by atoms with Crippen LogP contribution in [0.4, 0.5) is 5.82 Å². The molecule has 1 rings (SSSR count). The lowest BCUT2D eigenvalue weighted by Crippen LogP contribution is -2.13. The van der Waals surface area contributed by atoms with Crippen molar-refractivity contribution in [1.82, 2.24) is 9.97 Å². The van der Waals surface area contributed by atoms with E-state index in [1.807, 2.05) is 6.92 Å². The second-order valence-corrected chi connectivity index (χ2v) is 5.40. The summed E-state index contributed by atoms with van der Waals surface area (Å²) in [7, 11) is 0. The molecule has 0 aliphatic rings. The number of rotatable bonds is 9. The lowest BCUT2D eigenvalue weighted by atomic mass is 10.1. The molecule has 0 aromatic carbocycles. The van der Waals surface area contributed by atoms with E-state index in [0.717, 1.165) is 49.1 Å². The highest BCUT2D eigenvalue weighted by molar-refractivity contribution is 5.48. The number of hydrogen-bond donors (Lipinski definition) is 1. The van der Waals surface area contributed by atoms with Crippen LogP contribution in [0.15, 0.2) is 0 Å². The molecule has 0 aliphatic carbocycles. The highest BCUT2D eigenvalue weighted by Gasteiger charge is 2.12. The molecule has 4 heteroatoms. The zero-order valence-electron chi connectivity index (χ0n) is 13.6. The smallest absolute Gasteiger partial charge is 0.221 e. The summed E-state index contributed by atoms with van der Waals surface area (Å²) >= 11 is 0. The standard InChI is InChI=1S/C16H29N3O/c1-6-9-12(4)11-20-16-13(5)15(17-8-3)18-14(19-16)10-7-2/h12H,6-11H2,1-5H3,(H,17,18,19). The largest absolute Gasteiger partial charge is 0.477 e. The number of aromatic nitrogens is 2. The van der Waals surface area contributed by atoms with Crippen molar-refractivity contribution in [3.63, 3.8) is 0 Å². The van der Waals surface area contributed by atoms with E-state index in [2.05, 4.69) is 43.0 Å². The fourth-order valence-electron chi connectivity index (χ4n) is 2.15. The molecule has 1 aromatic rings. The Bertz CT molecular complexity index is 407. The molecule has 0 aliphatic heterocycles. The van der Waals surface area contributed by atoms with Gasteiger partial charge in [-0.2, -0.15) is 4.98 Å². The van der Waals surface area contributed by atoms with Gasteiger partial charge in [0.15, 0.2) is 0 Å². The van der Waals surface area contributed by atoms with Crippen LogP contribution in [0.1, 0.15) is 58.3 Å². The van der Waals surface area contributed by atoms with Crippen LogP contribution in [0.25, 0.3) is 0 Å². The summed E-state index contributed by atoms with van der Waals surface area (Å²) in [5, 5.41) is 3.30. The first-order valence-electron chi connectivity index (χ1n) is 7.86. The molecule has 0 amide bonds. The topological polar surface area (TPSA) is 47.0 Å². The minimum absolute atomic E-state index is 0.562. The van der Waals surface area contributed by atoms with Gasteiger partial charge < -0.3 is 10.1 Å². The first kappa shape index (κ1) is 16.7. The minimum atomic E-state index is 0.562. The Kier molecular flexibility index (Phi) is 7.34. The van der Waals surface area contributed by atoms with Crippen LogP contribution >= 0.6 is 0 Å². The van der Waals surface area contributed by atoms with E-state index < -0.39 is 0 Å². The van der Waals surface area contributed by atoms with Crippen molar-refractivity contribution in [3.8, 4) is 5.88 Å². The molecule has 1 unspecified atom stereocenters. The second kappa shape index (κ2) is 8.77.